The average molecular weight is 314 g/mol. The van der Waals surface area contributed by atoms with Crippen molar-refractivity contribution in [3.05, 3.63) is 34.6 Å². The van der Waals surface area contributed by atoms with Crippen molar-refractivity contribution in [1.29, 1.82) is 0 Å². The van der Waals surface area contributed by atoms with E-state index in [9.17, 15) is 0 Å². The minimum atomic E-state index is 0.117. The van der Waals surface area contributed by atoms with E-state index in [1.165, 1.54) is 11.5 Å². The van der Waals surface area contributed by atoms with Gasteiger partial charge < -0.3 is 5.73 Å². The molecule has 2 aromatic rings. The Morgan fingerprint density at radius 1 is 1.47 bits per heavy atom. The summed E-state index contributed by atoms with van der Waals surface area (Å²) in [5.41, 5.74) is 6.88. The van der Waals surface area contributed by atoms with Crippen LogP contribution in [0.5, 0.6) is 0 Å². The third-order valence-electron chi connectivity index (χ3n) is 2.54. The minimum absolute atomic E-state index is 0.117. The zero-order chi connectivity index (χ0) is 13.8. The summed E-state index contributed by atoms with van der Waals surface area (Å²) in [6, 6.07) is 6.18. The summed E-state index contributed by atoms with van der Waals surface area (Å²) in [5.74, 6) is 0.896. The van der Waals surface area contributed by atoms with Gasteiger partial charge in [-0.25, -0.2) is 4.98 Å². The Balaban J connectivity index is 2.11. The molecule has 1 aromatic carbocycles. The van der Waals surface area contributed by atoms with Gasteiger partial charge in [0, 0.05) is 22.4 Å². The third kappa shape index (κ3) is 4.18. The van der Waals surface area contributed by atoms with Gasteiger partial charge in [-0.15, -0.1) is 0 Å². The van der Waals surface area contributed by atoms with Gasteiger partial charge in [0.2, 0.25) is 0 Å². The lowest BCUT2D eigenvalue weighted by Crippen LogP contribution is -2.17. The Labute approximate surface area is 126 Å². The Bertz CT molecular complexity index is 555. The van der Waals surface area contributed by atoms with Crippen LogP contribution in [0.1, 0.15) is 25.2 Å². The van der Waals surface area contributed by atoms with Crippen LogP contribution < -0.4 is 5.73 Å². The molecule has 0 fully saturated rings. The summed E-state index contributed by atoms with van der Waals surface area (Å²) in [6.07, 6.45) is 1.66. The number of hydrogen-bond donors (Lipinski definition) is 1. The average Bonchev–Trinajstić information content (AvgIpc) is 2.80. The van der Waals surface area contributed by atoms with Gasteiger partial charge in [0.25, 0.3) is 0 Å². The summed E-state index contributed by atoms with van der Waals surface area (Å²) in [7, 11) is 0. The Kier molecular flexibility index (Phi) is 5.21. The Morgan fingerprint density at radius 2 is 2.26 bits per heavy atom. The molecule has 0 bridgehead atoms. The van der Waals surface area contributed by atoms with E-state index in [0.29, 0.717) is 0 Å². The van der Waals surface area contributed by atoms with Crippen molar-refractivity contribution in [2.45, 2.75) is 42.0 Å². The predicted molar refractivity (Wildman–Crippen MR) is 82.2 cm³/mol. The SMILES string of the molecule is CCc1nsc(Sc2ccc(CC(C)N)c(Cl)c2)n1. The lowest BCUT2D eigenvalue weighted by molar-refractivity contribution is 0.738. The zero-order valence-corrected chi connectivity index (χ0v) is 13.3. The molecule has 0 spiro atoms. The molecule has 0 aliphatic rings. The summed E-state index contributed by atoms with van der Waals surface area (Å²) in [4.78, 5) is 5.51. The summed E-state index contributed by atoms with van der Waals surface area (Å²) < 4.78 is 5.22. The van der Waals surface area contributed by atoms with Crippen molar-refractivity contribution in [1.82, 2.24) is 9.36 Å². The molecule has 19 heavy (non-hydrogen) atoms. The highest BCUT2D eigenvalue weighted by Gasteiger charge is 2.08. The van der Waals surface area contributed by atoms with Crippen LogP contribution in [0.15, 0.2) is 27.4 Å². The highest BCUT2D eigenvalue weighted by atomic mass is 35.5. The highest BCUT2D eigenvalue weighted by Crippen LogP contribution is 2.32. The van der Waals surface area contributed by atoms with E-state index < -0.39 is 0 Å². The van der Waals surface area contributed by atoms with E-state index in [1.54, 1.807) is 11.8 Å². The minimum Gasteiger partial charge on any atom is -0.328 e. The van der Waals surface area contributed by atoms with Gasteiger partial charge in [0.1, 0.15) is 5.82 Å². The second-order valence-electron chi connectivity index (χ2n) is 4.37. The lowest BCUT2D eigenvalue weighted by atomic mass is 10.1. The molecule has 1 unspecified atom stereocenters. The van der Waals surface area contributed by atoms with Crippen LogP contribution in [-0.4, -0.2) is 15.4 Å². The summed E-state index contributed by atoms with van der Waals surface area (Å²) >= 11 is 9.29. The predicted octanol–water partition coefficient (Wildman–Crippen LogP) is 3.79. The summed E-state index contributed by atoms with van der Waals surface area (Å²) in [6.45, 7) is 4.03. The van der Waals surface area contributed by atoms with Gasteiger partial charge in [-0.05, 0) is 42.6 Å². The molecule has 2 rings (SSSR count). The van der Waals surface area contributed by atoms with E-state index in [-0.39, 0.29) is 6.04 Å². The molecular weight excluding hydrogens is 298 g/mol. The largest absolute Gasteiger partial charge is 0.328 e. The first-order valence-corrected chi connectivity index (χ1v) is 8.09. The van der Waals surface area contributed by atoms with E-state index in [4.69, 9.17) is 17.3 Å². The topological polar surface area (TPSA) is 51.8 Å². The molecular formula is C13H16ClN3S2. The molecule has 6 heteroatoms. The standard InChI is InChI=1S/C13H16ClN3S2/c1-3-12-16-13(19-17-12)18-10-5-4-9(6-8(2)15)11(14)7-10/h4-5,7-8H,3,6,15H2,1-2H3. The van der Waals surface area contributed by atoms with E-state index in [1.807, 2.05) is 19.1 Å². The van der Waals surface area contributed by atoms with E-state index in [0.717, 1.165) is 38.5 Å². The lowest BCUT2D eigenvalue weighted by Gasteiger charge is -2.08. The number of nitrogens with zero attached hydrogens (tertiary/aromatic N) is 2. The molecule has 3 nitrogen and oxygen atoms in total. The van der Waals surface area contributed by atoms with Gasteiger partial charge in [0.15, 0.2) is 4.34 Å². The van der Waals surface area contributed by atoms with Gasteiger partial charge in [-0.3, -0.25) is 0 Å². The molecule has 1 heterocycles. The van der Waals surface area contributed by atoms with Crippen molar-refractivity contribution in [3.63, 3.8) is 0 Å². The van der Waals surface area contributed by atoms with Crippen LogP contribution in [0.4, 0.5) is 0 Å². The van der Waals surface area contributed by atoms with Crippen molar-refractivity contribution < 1.29 is 0 Å². The molecule has 1 aromatic heterocycles. The first-order valence-electron chi connectivity index (χ1n) is 6.13. The van der Waals surface area contributed by atoms with Crippen molar-refractivity contribution >= 4 is 34.9 Å². The number of aryl methyl sites for hydroxylation is 1. The highest BCUT2D eigenvalue weighted by molar-refractivity contribution is 8.01. The monoisotopic (exact) mass is 313 g/mol. The Morgan fingerprint density at radius 3 is 2.84 bits per heavy atom. The second-order valence-corrected chi connectivity index (χ2v) is 6.85. The van der Waals surface area contributed by atoms with Crippen LogP contribution in [0.3, 0.4) is 0 Å². The van der Waals surface area contributed by atoms with Crippen LogP contribution in [0.25, 0.3) is 0 Å². The molecule has 102 valence electrons. The number of aromatic nitrogens is 2. The maximum atomic E-state index is 6.27. The normalized spacial score (nSPS) is 12.6. The fraction of sp³-hybridized carbons (Fsp3) is 0.385. The fourth-order valence-electron chi connectivity index (χ4n) is 1.63. The maximum absolute atomic E-state index is 6.27. The number of rotatable bonds is 5. The van der Waals surface area contributed by atoms with Gasteiger partial charge >= 0.3 is 0 Å². The van der Waals surface area contributed by atoms with Crippen LogP contribution in [-0.2, 0) is 12.8 Å². The molecule has 2 N–H and O–H groups in total. The number of hydrogen-bond acceptors (Lipinski definition) is 5. The van der Waals surface area contributed by atoms with E-state index >= 15 is 0 Å². The first kappa shape index (κ1) is 14.8. The van der Waals surface area contributed by atoms with Gasteiger partial charge in [-0.2, -0.15) is 4.37 Å². The van der Waals surface area contributed by atoms with Crippen LogP contribution in [0, 0.1) is 0 Å². The molecule has 1 atom stereocenters. The molecule has 0 saturated heterocycles. The molecule has 0 aliphatic heterocycles. The van der Waals surface area contributed by atoms with Crippen LogP contribution in [0.2, 0.25) is 5.02 Å². The number of halogens is 1. The van der Waals surface area contributed by atoms with Crippen molar-refractivity contribution in [2.75, 3.05) is 0 Å². The Hall–Kier alpha value is -0.620. The molecule has 0 amide bonds. The zero-order valence-electron chi connectivity index (χ0n) is 10.9. The number of benzene rings is 1. The second kappa shape index (κ2) is 6.70. The maximum Gasteiger partial charge on any atom is 0.174 e. The van der Waals surface area contributed by atoms with E-state index in [2.05, 4.69) is 22.3 Å². The third-order valence-corrected chi connectivity index (χ3v) is 4.67. The molecule has 0 aliphatic carbocycles. The fourth-order valence-corrected chi connectivity index (χ4v) is 3.66. The molecule has 0 saturated carbocycles. The summed E-state index contributed by atoms with van der Waals surface area (Å²) in [5, 5.41) is 0.766. The smallest absolute Gasteiger partial charge is 0.174 e. The van der Waals surface area contributed by atoms with Gasteiger partial charge in [-0.1, -0.05) is 36.4 Å². The van der Waals surface area contributed by atoms with Crippen molar-refractivity contribution in [3.8, 4) is 0 Å². The molecule has 0 radical (unpaired) electrons. The number of nitrogens with two attached hydrogens (primary N) is 1. The van der Waals surface area contributed by atoms with Gasteiger partial charge in [0.05, 0.1) is 0 Å². The quantitative estimate of drug-likeness (QED) is 0.912. The van der Waals surface area contributed by atoms with Crippen molar-refractivity contribution in [2.24, 2.45) is 5.73 Å². The van der Waals surface area contributed by atoms with Crippen LogP contribution >= 0.6 is 34.9 Å². The first-order chi connectivity index (χ1) is 9.08.